The van der Waals surface area contributed by atoms with Crippen molar-refractivity contribution in [1.29, 1.82) is 0 Å². The molecule has 16 heavy (non-hydrogen) atoms. The molecule has 0 unspecified atom stereocenters. The number of hydrogen-bond acceptors (Lipinski definition) is 1. The number of thiocarbonyl (C=S) groups is 1. The Morgan fingerprint density at radius 2 is 1.88 bits per heavy atom. The topological polar surface area (TPSA) is 27.6 Å². The van der Waals surface area contributed by atoms with Crippen molar-refractivity contribution < 1.29 is 0 Å². The van der Waals surface area contributed by atoms with Gasteiger partial charge in [-0.15, -0.1) is 0 Å². The van der Waals surface area contributed by atoms with Crippen LogP contribution in [0.4, 0.5) is 5.69 Å². The Kier molecular flexibility index (Phi) is 4.99. The second kappa shape index (κ2) is 6.03. The predicted molar refractivity (Wildman–Crippen MR) is 74.9 cm³/mol. The molecular formula is C10H11Cl2N3S. The highest BCUT2D eigenvalue weighted by Gasteiger charge is 1.99. The van der Waals surface area contributed by atoms with Crippen LogP contribution in [0.1, 0.15) is 0 Å². The summed E-state index contributed by atoms with van der Waals surface area (Å²) < 4.78 is 0. The summed E-state index contributed by atoms with van der Waals surface area (Å²) in [5.74, 6) is 0. The van der Waals surface area contributed by atoms with Crippen molar-refractivity contribution in [2.45, 2.75) is 0 Å². The van der Waals surface area contributed by atoms with E-state index in [-0.39, 0.29) is 0 Å². The highest BCUT2D eigenvalue weighted by atomic mass is 35.5. The summed E-state index contributed by atoms with van der Waals surface area (Å²) in [5.41, 5.74) is 0.721. The van der Waals surface area contributed by atoms with Crippen molar-refractivity contribution in [3.05, 3.63) is 28.2 Å². The smallest absolute Gasteiger partial charge is 0.198 e. The zero-order valence-corrected chi connectivity index (χ0v) is 11.2. The molecule has 6 heteroatoms. The summed E-state index contributed by atoms with van der Waals surface area (Å²) in [6, 6.07) is 5.11. The van der Waals surface area contributed by atoms with E-state index in [9.17, 15) is 0 Å². The summed E-state index contributed by atoms with van der Waals surface area (Å²) in [7, 11) is 3.73. The van der Waals surface area contributed by atoms with Crippen LogP contribution in [0.25, 0.3) is 0 Å². The van der Waals surface area contributed by atoms with Gasteiger partial charge >= 0.3 is 0 Å². The van der Waals surface area contributed by atoms with Gasteiger partial charge in [-0.2, -0.15) is 0 Å². The lowest BCUT2D eigenvalue weighted by atomic mass is 10.3. The van der Waals surface area contributed by atoms with Crippen LogP contribution in [-0.4, -0.2) is 30.4 Å². The highest BCUT2D eigenvalue weighted by molar-refractivity contribution is 7.80. The number of hydrogen-bond donors (Lipinski definition) is 1. The minimum absolute atomic E-state index is 0.354. The van der Waals surface area contributed by atoms with E-state index < -0.39 is 0 Å². The van der Waals surface area contributed by atoms with Gasteiger partial charge in [0.15, 0.2) is 5.11 Å². The average Bonchev–Trinajstić information content (AvgIpc) is 2.12. The Labute approximate surface area is 110 Å². The Balaban J connectivity index is 2.69. The van der Waals surface area contributed by atoms with E-state index in [2.05, 4.69) is 10.3 Å². The molecule has 0 atom stereocenters. The fourth-order valence-corrected chi connectivity index (χ4v) is 1.64. The normalized spacial score (nSPS) is 10.5. The first kappa shape index (κ1) is 13.2. The van der Waals surface area contributed by atoms with Crippen LogP contribution < -0.4 is 5.32 Å². The van der Waals surface area contributed by atoms with E-state index in [1.54, 1.807) is 29.4 Å². The van der Waals surface area contributed by atoms with Gasteiger partial charge in [-0.1, -0.05) is 23.2 Å². The van der Waals surface area contributed by atoms with Crippen LogP contribution in [0.5, 0.6) is 0 Å². The van der Waals surface area contributed by atoms with Crippen molar-refractivity contribution in [3.63, 3.8) is 0 Å². The lowest BCUT2D eigenvalue weighted by Gasteiger charge is -2.06. The molecule has 0 aromatic heterocycles. The van der Waals surface area contributed by atoms with Gasteiger partial charge in [0.25, 0.3) is 0 Å². The number of rotatable bonds is 2. The standard InChI is InChI=1S/C10H11Cl2N3S/c1-15(2)6-13-10(16)14-9-4-7(11)3-8(12)5-9/h3-6H,1-2H3,(H,14,16). The second-order valence-electron chi connectivity index (χ2n) is 3.30. The van der Waals surface area contributed by atoms with E-state index in [0.717, 1.165) is 5.69 Å². The van der Waals surface area contributed by atoms with E-state index >= 15 is 0 Å². The molecule has 1 aromatic carbocycles. The number of anilines is 1. The molecule has 0 radical (unpaired) electrons. The molecule has 1 aromatic rings. The number of nitrogens with one attached hydrogen (secondary N) is 1. The molecule has 0 fully saturated rings. The summed E-state index contributed by atoms with van der Waals surface area (Å²) in [4.78, 5) is 5.80. The van der Waals surface area contributed by atoms with Crippen LogP contribution in [0.2, 0.25) is 10.0 Å². The number of halogens is 2. The Bertz CT molecular complexity index is 398. The maximum atomic E-state index is 5.85. The monoisotopic (exact) mass is 275 g/mol. The van der Waals surface area contributed by atoms with Gasteiger partial charge < -0.3 is 10.2 Å². The Morgan fingerprint density at radius 3 is 2.38 bits per heavy atom. The molecule has 1 N–H and O–H groups in total. The van der Waals surface area contributed by atoms with Crippen molar-refractivity contribution in [2.75, 3.05) is 19.4 Å². The molecule has 0 bridgehead atoms. The second-order valence-corrected chi connectivity index (χ2v) is 4.56. The minimum atomic E-state index is 0.354. The van der Waals surface area contributed by atoms with E-state index in [1.807, 2.05) is 14.1 Å². The molecule has 0 aliphatic rings. The van der Waals surface area contributed by atoms with Crippen molar-refractivity contribution in [1.82, 2.24) is 4.90 Å². The van der Waals surface area contributed by atoms with Crippen molar-refractivity contribution >= 4 is 52.6 Å². The molecule has 3 nitrogen and oxygen atoms in total. The van der Waals surface area contributed by atoms with Gasteiger partial charge in [-0.05, 0) is 30.4 Å². The SMILES string of the molecule is CN(C)C=NC(=S)Nc1cc(Cl)cc(Cl)c1. The molecule has 1 rings (SSSR count). The molecule has 0 aliphatic carbocycles. The molecule has 0 spiro atoms. The molecule has 0 saturated carbocycles. The predicted octanol–water partition coefficient (Wildman–Crippen LogP) is 3.28. The first-order valence-electron chi connectivity index (χ1n) is 4.45. The van der Waals surface area contributed by atoms with Gasteiger partial charge in [-0.25, -0.2) is 4.99 Å². The van der Waals surface area contributed by atoms with Gasteiger partial charge in [0.05, 0.1) is 6.34 Å². The van der Waals surface area contributed by atoms with Gasteiger partial charge in [-0.3, -0.25) is 0 Å². The molecule has 0 heterocycles. The highest BCUT2D eigenvalue weighted by Crippen LogP contribution is 2.22. The number of nitrogens with zero attached hydrogens (tertiary/aromatic N) is 2. The van der Waals surface area contributed by atoms with Crippen LogP contribution in [0.15, 0.2) is 23.2 Å². The molecule has 0 saturated heterocycles. The fourth-order valence-electron chi connectivity index (χ4n) is 0.950. The fraction of sp³-hybridized carbons (Fsp3) is 0.200. The van der Waals surface area contributed by atoms with Crippen molar-refractivity contribution in [2.24, 2.45) is 4.99 Å². The summed E-state index contributed by atoms with van der Waals surface area (Å²) >= 11 is 16.7. The largest absolute Gasteiger partial charge is 0.369 e. The van der Waals surface area contributed by atoms with Crippen LogP contribution in [-0.2, 0) is 0 Å². The Hall–Kier alpha value is -0.840. The van der Waals surface area contributed by atoms with E-state index in [1.165, 1.54) is 0 Å². The van der Waals surface area contributed by atoms with Gasteiger partial charge in [0.1, 0.15) is 0 Å². The third-order valence-electron chi connectivity index (χ3n) is 1.52. The minimum Gasteiger partial charge on any atom is -0.369 e. The molecule has 86 valence electrons. The van der Waals surface area contributed by atoms with Crippen molar-refractivity contribution in [3.8, 4) is 0 Å². The first-order chi connectivity index (χ1) is 7.47. The number of aliphatic imine (C=N–C) groups is 1. The summed E-state index contributed by atoms with van der Waals surface area (Å²) in [6.07, 6.45) is 1.61. The lowest BCUT2D eigenvalue weighted by Crippen LogP contribution is -2.12. The lowest BCUT2D eigenvalue weighted by molar-refractivity contribution is 0.644. The third-order valence-corrected chi connectivity index (χ3v) is 2.16. The van der Waals surface area contributed by atoms with Crippen LogP contribution in [0, 0.1) is 0 Å². The van der Waals surface area contributed by atoms with Gasteiger partial charge in [0.2, 0.25) is 0 Å². The quantitative estimate of drug-likeness (QED) is 0.510. The average molecular weight is 276 g/mol. The summed E-state index contributed by atoms with van der Waals surface area (Å²) in [6.45, 7) is 0. The van der Waals surface area contributed by atoms with Crippen LogP contribution in [0.3, 0.4) is 0 Å². The molecule has 0 aliphatic heterocycles. The maximum Gasteiger partial charge on any atom is 0.198 e. The van der Waals surface area contributed by atoms with E-state index in [4.69, 9.17) is 35.4 Å². The zero-order chi connectivity index (χ0) is 12.1. The van der Waals surface area contributed by atoms with Crippen LogP contribution >= 0.6 is 35.4 Å². The first-order valence-corrected chi connectivity index (χ1v) is 5.61. The molecular weight excluding hydrogens is 265 g/mol. The zero-order valence-electron chi connectivity index (χ0n) is 8.87. The van der Waals surface area contributed by atoms with Gasteiger partial charge in [0, 0.05) is 29.8 Å². The maximum absolute atomic E-state index is 5.85. The number of benzene rings is 1. The van der Waals surface area contributed by atoms with E-state index in [0.29, 0.717) is 15.2 Å². The Morgan fingerprint density at radius 1 is 1.31 bits per heavy atom. The third kappa shape index (κ3) is 4.79. The molecule has 0 amide bonds. The summed E-state index contributed by atoms with van der Waals surface area (Å²) in [5, 5.41) is 4.37.